The van der Waals surface area contributed by atoms with E-state index in [-0.39, 0.29) is 23.6 Å². The molecule has 2 aliphatic rings. The van der Waals surface area contributed by atoms with Gasteiger partial charge in [0, 0.05) is 21.2 Å². The first-order valence-corrected chi connectivity index (χ1v) is 9.48. The molecule has 2 bridgehead atoms. The van der Waals surface area contributed by atoms with Crippen LogP contribution in [-0.2, 0) is 0 Å². The second kappa shape index (κ2) is 5.70. The summed E-state index contributed by atoms with van der Waals surface area (Å²) < 4.78 is 1.47. The van der Waals surface area contributed by atoms with E-state index in [4.69, 9.17) is 23.2 Å². The highest BCUT2D eigenvalue weighted by Crippen LogP contribution is 2.65. The van der Waals surface area contributed by atoms with E-state index in [2.05, 4.69) is 24.3 Å². The molecule has 3 nitrogen and oxygen atoms in total. The number of benzene rings is 2. The van der Waals surface area contributed by atoms with Gasteiger partial charge in [0.1, 0.15) is 0 Å². The molecule has 1 fully saturated rings. The molecule has 2 aromatic carbocycles. The SMILES string of the molecule is Oc1c2c(c(O)n1-c1cc(Cl)cc(Cl)c1)[C@@H]1C[C@H]2C[C@H]1c1ccccc1. The minimum absolute atomic E-state index is 0.101. The van der Waals surface area contributed by atoms with Crippen LogP contribution in [0.25, 0.3) is 5.69 Å². The van der Waals surface area contributed by atoms with Crippen LogP contribution in [0.4, 0.5) is 0 Å². The summed E-state index contributed by atoms with van der Waals surface area (Å²) in [5.41, 5.74) is 3.63. The first-order valence-electron chi connectivity index (χ1n) is 8.72. The van der Waals surface area contributed by atoms with E-state index in [1.165, 1.54) is 10.1 Å². The second-order valence-corrected chi connectivity index (χ2v) is 8.10. The zero-order valence-electron chi connectivity index (χ0n) is 13.9. The Morgan fingerprint density at radius 2 is 1.42 bits per heavy atom. The molecule has 1 heterocycles. The molecule has 0 spiro atoms. The Hall–Kier alpha value is -2.10. The van der Waals surface area contributed by atoms with Gasteiger partial charge in [-0.2, -0.15) is 0 Å². The van der Waals surface area contributed by atoms with Crippen molar-refractivity contribution in [2.45, 2.75) is 30.6 Å². The third-order valence-electron chi connectivity index (χ3n) is 5.87. The van der Waals surface area contributed by atoms with E-state index < -0.39 is 0 Å². The third kappa shape index (κ3) is 2.20. The van der Waals surface area contributed by atoms with Gasteiger partial charge in [-0.15, -0.1) is 0 Å². The molecular formula is C21H17Cl2NO2. The summed E-state index contributed by atoms with van der Waals surface area (Å²) in [5, 5.41) is 22.8. The predicted octanol–water partition coefficient (Wildman–Crippen LogP) is 5.95. The van der Waals surface area contributed by atoms with E-state index in [1.54, 1.807) is 18.2 Å². The molecule has 0 saturated heterocycles. The van der Waals surface area contributed by atoms with Crippen molar-refractivity contribution in [1.82, 2.24) is 4.57 Å². The lowest BCUT2D eigenvalue weighted by Gasteiger charge is -2.22. The lowest BCUT2D eigenvalue weighted by atomic mass is 9.81. The average Bonchev–Trinajstić information content (AvgIpc) is 3.26. The van der Waals surface area contributed by atoms with Gasteiger partial charge >= 0.3 is 0 Å². The van der Waals surface area contributed by atoms with Crippen LogP contribution in [0.15, 0.2) is 48.5 Å². The van der Waals surface area contributed by atoms with Crippen molar-refractivity contribution in [3.63, 3.8) is 0 Å². The van der Waals surface area contributed by atoms with Gasteiger partial charge in [-0.25, -0.2) is 0 Å². The fourth-order valence-electron chi connectivity index (χ4n) is 4.92. The molecule has 2 N–H and O–H groups in total. The van der Waals surface area contributed by atoms with Gasteiger partial charge in [0.25, 0.3) is 0 Å². The molecule has 132 valence electrons. The minimum atomic E-state index is 0.101. The van der Waals surface area contributed by atoms with Crippen LogP contribution in [0.3, 0.4) is 0 Å². The lowest BCUT2D eigenvalue weighted by molar-refractivity contribution is 0.394. The maximum absolute atomic E-state index is 11.0. The van der Waals surface area contributed by atoms with Crippen molar-refractivity contribution in [2.24, 2.45) is 0 Å². The van der Waals surface area contributed by atoms with Crippen LogP contribution < -0.4 is 0 Å². The lowest BCUT2D eigenvalue weighted by Crippen LogP contribution is -2.07. The van der Waals surface area contributed by atoms with E-state index in [0.717, 1.165) is 24.0 Å². The summed E-state index contributed by atoms with van der Waals surface area (Å²) in [6, 6.07) is 15.4. The Bertz CT molecular complexity index is 992. The van der Waals surface area contributed by atoms with Crippen molar-refractivity contribution in [1.29, 1.82) is 0 Å². The van der Waals surface area contributed by atoms with Crippen molar-refractivity contribution in [3.8, 4) is 17.4 Å². The first-order chi connectivity index (χ1) is 12.5. The van der Waals surface area contributed by atoms with Gasteiger partial charge in [-0.1, -0.05) is 53.5 Å². The third-order valence-corrected chi connectivity index (χ3v) is 6.31. The maximum Gasteiger partial charge on any atom is 0.202 e. The van der Waals surface area contributed by atoms with Crippen molar-refractivity contribution in [3.05, 3.63) is 75.3 Å². The molecule has 26 heavy (non-hydrogen) atoms. The molecule has 5 heteroatoms. The fourth-order valence-corrected chi connectivity index (χ4v) is 5.44. The van der Waals surface area contributed by atoms with Gasteiger partial charge in [-0.05, 0) is 54.4 Å². The van der Waals surface area contributed by atoms with E-state index in [1.807, 2.05) is 6.07 Å². The Morgan fingerprint density at radius 1 is 0.808 bits per heavy atom. The number of aromatic nitrogens is 1. The number of fused-ring (bicyclic) bond motifs is 5. The molecule has 0 unspecified atom stereocenters. The van der Waals surface area contributed by atoms with Gasteiger partial charge < -0.3 is 10.2 Å². The summed E-state index contributed by atoms with van der Waals surface area (Å²) in [6.07, 6.45) is 1.97. The van der Waals surface area contributed by atoms with E-state index in [0.29, 0.717) is 21.7 Å². The Labute approximate surface area is 161 Å². The smallest absolute Gasteiger partial charge is 0.202 e. The normalized spacial score (nSPS) is 23.4. The van der Waals surface area contributed by atoms with Crippen LogP contribution >= 0.6 is 23.2 Å². The molecule has 0 aliphatic heterocycles. The molecule has 0 amide bonds. The van der Waals surface area contributed by atoms with Gasteiger partial charge in [0.15, 0.2) is 0 Å². The summed E-state index contributed by atoms with van der Waals surface area (Å²) in [7, 11) is 0. The monoisotopic (exact) mass is 385 g/mol. The summed E-state index contributed by atoms with van der Waals surface area (Å²) in [6.45, 7) is 0. The van der Waals surface area contributed by atoms with Gasteiger partial charge in [0.05, 0.1) is 5.69 Å². The summed E-state index contributed by atoms with van der Waals surface area (Å²) in [4.78, 5) is 0. The summed E-state index contributed by atoms with van der Waals surface area (Å²) >= 11 is 12.2. The van der Waals surface area contributed by atoms with Crippen LogP contribution in [0, 0.1) is 0 Å². The van der Waals surface area contributed by atoms with E-state index in [9.17, 15) is 10.2 Å². The Morgan fingerprint density at radius 3 is 2.12 bits per heavy atom. The molecule has 2 aliphatic carbocycles. The topological polar surface area (TPSA) is 45.4 Å². The minimum Gasteiger partial charge on any atom is -0.494 e. The molecule has 3 aromatic rings. The van der Waals surface area contributed by atoms with Crippen molar-refractivity contribution in [2.75, 3.05) is 0 Å². The highest BCUT2D eigenvalue weighted by Gasteiger charge is 2.49. The molecule has 3 atom stereocenters. The molecule has 0 radical (unpaired) electrons. The van der Waals surface area contributed by atoms with Gasteiger partial charge in [-0.3, -0.25) is 4.57 Å². The Balaban J connectivity index is 1.64. The number of hydrogen-bond acceptors (Lipinski definition) is 2. The average molecular weight is 386 g/mol. The number of rotatable bonds is 2. The molecule has 1 aromatic heterocycles. The fraction of sp³-hybridized carbons (Fsp3) is 0.238. The van der Waals surface area contributed by atoms with E-state index >= 15 is 0 Å². The highest BCUT2D eigenvalue weighted by atomic mass is 35.5. The molecule has 5 rings (SSSR count). The summed E-state index contributed by atoms with van der Waals surface area (Å²) in [5.74, 6) is 1.07. The highest BCUT2D eigenvalue weighted by molar-refractivity contribution is 6.34. The number of halogens is 2. The largest absolute Gasteiger partial charge is 0.494 e. The zero-order valence-corrected chi connectivity index (χ0v) is 15.4. The van der Waals surface area contributed by atoms with Crippen molar-refractivity contribution < 1.29 is 10.2 Å². The van der Waals surface area contributed by atoms with Crippen LogP contribution in [0.5, 0.6) is 11.8 Å². The second-order valence-electron chi connectivity index (χ2n) is 7.23. The van der Waals surface area contributed by atoms with Crippen LogP contribution in [-0.4, -0.2) is 14.8 Å². The quantitative estimate of drug-likeness (QED) is 0.571. The first kappa shape index (κ1) is 16.1. The predicted molar refractivity (Wildman–Crippen MR) is 103 cm³/mol. The van der Waals surface area contributed by atoms with Crippen molar-refractivity contribution >= 4 is 23.2 Å². The maximum atomic E-state index is 11.0. The Kier molecular flexibility index (Phi) is 3.53. The zero-order chi connectivity index (χ0) is 18.0. The van der Waals surface area contributed by atoms with Crippen LogP contribution in [0.1, 0.15) is 47.3 Å². The molecular weight excluding hydrogens is 369 g/mol. The molecule has 1 saturated carbocycles. The number of hydrogen-bond donors (Lipinski definition) is 2. The van der Waals surface area contributed by atoms with Crippen LogP contribution in [0.2, 0.25) is 10.0 Å². The van der Waals surface area contributed by atoms with Gasteiger partial charge in [0.2, 0.25) is 11.8 Å². The standard InChI is InChI=1S/C21H17Cl2NO2/c22-13-8-14(23)10-15(9-13)24-20(25)18-12-6-16(11-4-2-1-3-5-11)17(7-12)19(18)21(24)26/h1-5,8-10,12,16-17,25-26H,6-7H2/t12-,16+,17-/m1/s1. The number of aromatic hydroxyl groups is 2. The number of nitrogens with zero attached hydrogens (tertiary/aromatic N) is 1.